The third-order valence-electron chi connectivity index (χ3n) is 2.17. The standard InChI is InChI=1S/C11H19NO2/c1-3-5-9(2)14-11(8-12)10-6-4-7-13-10/h4,6-7,9,11H,3,5,8,12H2,1-2H3. The number of furan rings is 1. The number of hydrogen-bond acceptors (Lipinski definition) is 3. The Morgan fingerprint density at radius 2 is 2.36 bits per heavy atom. The molecule has 2 atom stereocenters. The van der Waals surface area contributed by atoms with Gasteiger partial charge in [-0.05, 0) is 25.5 Å². The van der Waals surface area contributed by atoms with Gasteiger partial charge in [-0.15, -0.1) is 0 Å². The maximum Gasteiger partial charge on any atom is 0.133 e. The first-order chi connectivity index (χ1) is 6.77. The lowest BCUT2D eigenvalue weighted by Gasteiger charge is -2.19. The van der Waals surface area contributed by atoms with E-state index in [9.17, 15) is 0 Å². The zero-order valence-corrected chi connectivity index (χ0v) is 8.90. The molecule has 0 fully saturated rings. The monoisotopic (exact) mass is 197 g/mol. The van der Waals surface area contributed by atoms with Crippen molar-refractivity contribution in [1.29, 1.82) is 0 Å². The number of rotatable bonds is 6. The van der Waals surface area contributed by atoms with Gasteiger partial charge in [-0.2, -0.15) is 0 Å². The van der Waals surface area contributed by atoms with E-state index in [4.69, 9.17) is 14.9 Å². The van der Waals surface area contributed by atoms with Crippen LogP contribution in [0.4, 0.5) is 0 Å². The second kappa shape index (κ2) is 5.83. The number of hydrogen-bond donors (Lipinski definition) is 1. The Kier molecular flexibility index (Phi) is 4.70. The Morgan fingerprint density at radius 3 is 2.86 bits per heavy atom. The summed E-state index contributed by atoms with van der Waals surface area (Å²) in [7, 11) is 0. The van der Waals surface area contributed by atoms with Crippen molar-refractivity contribution in [3.8, 4) is 0 Å². The van der Waals surface area contributed by atoms with Crippen molar-refractivity contribution in [1.82, 2.24) is 0 Å². The van der Waals surface area contributed by atoms with E-state index in [1.54, 1.807) is 6.26 Å². The van der Waals surface area contributed by atoms with Crippen molar-refractivity contribution >= 4 is 0 Å². The lowest BCUT2D eigenvalue weighted by atomic mass is 10.2. The molecule has 0 aliphatic rings. The Morgan fingerprint density at radius 1 is 1.57 bits per heavy atom. The van der Waals surface area contributed by atoms with Gasteiger partial charge in [0.15, 0.2) is 0 Å². The SMILES string of the molecule is CCCC(C)OC(CN)c1ccco1. The summed E-state index contributed by atoms with van der Waals surface area (Å²) in [6, 6.07) is 3.75. The van der Waals surface area contributed by atoms with Gasteiger partial charge in [0.2, 0.25) is 0 Å². The summed E-state index contributed by atoms with van der Waals surface area (Å²) in [5.74, 6) is 0.815. The summed E-state index contributed by atoms with van der Waals surface area (Å²) in [6.07, 6.45) is 3.95. The minimum atomic E-state index is -0.105. The van der Waals surface area contributed by atoms with Gasteiger partial charge in [-0.1, -0.05) is 13.3 Å². The fourth-order valence-corrected chi connectivity index (χ4v) is 1.47. The summed E-state index contributed by atoms with van der Waals surface area (Å²) in [5, 5.41) is 0. The Labute approximate surface area is 85.2 Å². The zero-order valence-electron chi connectivity index (χ0n) is 8.90. The summed E-state index contributed by atoms with van der Waals surface area (Å²) in [6.45, 7) is 4.67. The Bertz CT molecular complexity index is 233. The summed E-state index contributed by atoms with van der Waals surface area (Å²) in [5.41, 5.74) is 5.62. The van der Waals surface area contributed by atoms with E-state index in [2.05, 4.69) is 13.8 Å². The second-order valence-corrected chi connectivity index (χ2v) is 3.48. The lowest BCUT2D eigenvalue weighted by molar-refractivity contribution is -0.0137. The molecule has 3 nitrogen and oxygen atoms in total. The third-order valence-corrected chi connectivity index (χ3v) is 2.17. The molecule has 1 heterocycles. The van der Waals surface area contributed by atoms with E-state index in [-0.39, 0.29) is 12.2 Å². The average molecular weight is 197 g/mol. The van der Waals surface area contributed by atoms with Gasteiger partial charge in [0.25, 0.3) is 0 Å². The minimum Gasteiger partial charge on any atom is -0.467 e. The van der Waals surface area contributed by atoms with Crippen molar-refractivity contribution in [2.24, 2.45) is 5.73 Å². The quantitative estimate of drug-likeness (QED) is 0.762. The van der Waals surface area contributed by atoms with Crippen molar-refractivity contribution in [2.75, 3.05) is 6.54 Å². The zero-order chi connectivity index (χ0) is 10.4. The van der Waals surface area contributed by atoms with Crippen molar-refractivity contribution in [3.05, 3.63) is 24.2 Å². The Hall–Kier alpha value is -0.800. The van der Waals surface area contributed by atoms with E-state index < -0.39 is 0 Å². The van der Waals surface area contributed by atoms with Crippen molar-refractivity contribution in [2.45, 2.75) is 38.9 Å². The van der Waals surface area contributed by atoms with E-state index in [0.29, 0.717) is 6.54 Å². The maximum atomic E-state index is 5.77. The fourth-order valence-electron chi connectivity index (χ4n) is 1.47. The highest BCUT2D eigenvalue weighted by molar-refractivity contribution is 5.02. The molecule has 80 valence electrons. The van der Waals surface area contributed by atoms with Crippen LogP contribution in [-0.2, 0) is 4.74 Å². The van der Waals surface area contributed by atoms with Crippen LogP contribution in [0.3, 0.4) is 0 Å². The summed E-state index contributed by atoms with van der Waals surface area (Å²) >= 11 is 0. The van der Waals surface area contributed by atoms with E-state index >= 15 is 0 Å². The molecule has 2 N–H and O–H groups in total. The molecular formula is C11H19NO2. The molecule has 3 heteroatoms. The molecule has 0 aliphatic carbocycles. The number of nitrogens with two attached hydrogens (primary N) is 1. The van der Waals surface area contributed by atoms with Gasteiger partial charge >= 0.3 is 0 Å². The average Bonchev–Trinajstić information content (AvgIpc) is 2.67. The number of ether oxygens (including phenoxy) is 1. The molecule has 0 aromatic carbocycles. The Balaban J connectivity index is 2.47. The van der Waals surface area contributed by atoms with Gasteiger partial charge in [-0.25, -0.2) is 0 Å². The third kappa shape index (κ3) is 3.16. The van der Waals surface area contributed by atoms with E-state index in [1.807, 2.05) is 12.1 Å². The highest BCUT2D eigenvalue weighted by Gasteiger charge is 2.15. The van der Waals surface area contributed by atoms with Crippen LogP contribution in [0.2, 0.25) is 0 Å². The molecule has 0 spiro atoms. The smallest absolute Gasteiger partial charge is 0.133 e. The first-order valence-electron chi connectivity index (χ1n) is 5.16. The van der Waals surface area contributed by atoms with Crippen molar-refractivity contribution < 1.29 is 9.15 Å². The van der Waals surface area contributed by atoms with Gasteiger partial charge < -0.3 is 14.9 Å². The molecular weight excluding hydrogens is 178 g/mol. The molecule has 1 rings (SSSR count). The topological polar surface area (TPSA) is 48.4 Å². The van der Waals surface area contributed by atoms with E-state index in [0.717, 1.165) is 18.6 Å². The normalized spacial score (nSPS) is 15.4. The highest BCUT2D eigenvalue weighted by Crippen LogP contribution is 2.19. The van der Waals surface area contributed by atoms with Crippen LogP contribution in [0.5, 0.6) is 0 Å². The van der Waals surface area contributed by atoms with Crippen LogP contribution in [0, 0.1) is 0 Å². The molecule has 0 saturated carbocycles. The van der Waals surface area contributed by atoms with Gasteiger partial charge in [0.05, 0.1) is 12.4 Å². The van der Waals surface area contributed by atoms with Crippen LogP contribution in [0.1, 0.15) is 38.6 Å². The second-order valence-electron chi connectivity index (χ2n) is 3.48. The molecule has 0 aliphatic heterocycles. The van der Waals surface area contributed by atoms with Gasteiger partial charge in [0, 0.05) is 6.54 Å². The lowest BCUT2D eigenvalue weighted by Crippen LogP contribution is -2.20. The van der Waals surface area contributed by atoms with Crippen LogP contribution < -0.4 is 5.73 Å². The highest BCUT2D eigenvalue weighted by atomic mass is 16.5. The largest absolute Gasteiger partial charge is 0.467 e. The van der Waals surface area contributed by atoms with E-state index in [1.165, 1.54) is 0 Å². The maximum absolute atomic E-state index is 5.77. The first-order valence-corrected chi connectivity index (χ1v) is 5.16. The molecule has 0 bridgehead atoms. The molecule has 2 unspecified atom stereocenters. The van der Waals surface area contributed by atoms with Crippen LogP contribution in [0.15, 0.2) is 22.8 Å². The molecule has 1 aromatic rings. The van der Waals surface area contributed by atoms with Gasteiger partial charge in [-0.3, -0.25) is 0 Å². The summed E-state index contributed by atoms with van der Waals surface area (Å²) < 4.78 is 11.0. The first kappa shape index (κ1) is 11.3. The van der Waals surface area contributed by atoms with Crippen LogP contribution in [0.25, 0.3) is 0 Å². The molecule has 0 amide bonds. The molecule has 0 radical (unpaired) electrons. The predicted octanol–water partition coefficient (Wildman–Crippen LogP) is 2.48. The van der Waals surface area contributed by atoms with Crippen molar-refractivity contribution in [3.63, 3.8) is 0 Å². The van der Waals surface area contributed by atoms with Crippen LogP contribution >= 0.6 is 0 Å². The fraction of sp³-hybridized carbons (Fsp3) is 0.636. The minimum absolute atomic E-state index is 0.105. The van der Waals surface area contributed by atoms with Gasteiger partial charge in [0.1, 0.15) is 11.9 Å². The molecule has 0 saturated heterocycles. The molecule has 14 heavy (non-hydrogen) atoms. The summed E-state index contributed by atoms with van der Waals surface area (Å²) in [4.78, 5) is 0. The molecule has 1 aromatic heterocycles. The predicted molar refractivity (Wildman–Crippen MR) is 56.0 cm³/mol. The van der Waals surface area contributed by atoms with Crippen LogP contribution in [-0.4, -0.2) is 12.6 Å².